The highest BCUT2D eigenvalue weighted by atomic mass is 35.5. The summed E-state index contributed by atoms with van der Waals surface area (Å²) in [5.74, 6) is 0.837. The lowest BCUT2D eigenvalue weighted by atomic mass is 9.97. The molecule has 0 bridgehead atoms. The number of carboxylic acid groups (broad SMARTS) is 1. The van der Waals surface area contributed by atoms with Crippen molar-refractivity contribution < 1.29 is 14.7 Å². The number of amides is 2. The molecule has 188 valence electrons. The lowest BCUT2D eigenvalue weighted by Gasteiger charge is -2.34. The molecule has 0 radical (unpaired) electrons. The quantitative estimate of drug-likeness (QED) is 0.329. The second kappa shape index (κ2) is 10.1. The number of nitrogens with one attached hydrogen (secondary N) is 1. The van der Waals surface area contributed by atoms with Gasteiger partial charge < -0.3 is 25.6 Å². The number of hydrogen-bond acceptors (Lipinski definition) is 9. The number of carbonyl (C=O) groups excluding carboxylic acids is 1. The molecule has 2 atom stereocenters. The smallest absolute Gasteiger partial charge is 0.405 e. The maximum Gasteiger partial charge on any atom is 0.405 e. The number of thiazole rings is 1. The monoisotopic (exact) mass is 546 g/mol. The van der Waals surface area contributed by atoms with Crippen LogP contribution in [0.1, 0.15) is 19.8 Å². The maximum atomic E-state index is 12.7. The molecule has 0 aliphatic carbocycles. The van der Waals surface area contributed by atoms with Crippen molar-refractivity contribution in [1.29, 1.82) is 0 Å². The number of likely N-dealkylation sites (tertiary alicyclic amines) is 1. The van der Waals surface area contributed by atoms with Crippen LogP contribution in [0.3, 0.4) is 0 Å². The normalized spacial score (nSPS) is 16.9. The first-order valence-corrected chi connectivity index (χ1v) is 13.3. The van der Waals surface area contributed by atoms with E-state index in [1.165, 1.54) is 23.1 Å². The van der Waals surface area contributed by atoms with E-state index in [1.54, 1.807) is 18.2 Å². The van der Waals surface area contributed by atoms with Gasteiger partial charge in [0.15, 0.2) is 26.8 Å². The summed E-state index contributed by atoms with van der Waals surface area (Å²) in [5, 5.41) is 12.3. The molecule has 0 saturated carbocycles. The Morgan fingerprint density at radius 2 is 2.19 bits per heavy atom. The third-order valence-corrected chi connectivity index (χ3v) is 8.45. The van der Waals surface area contributed by atoms with Gasteiger partial charge in [0.25, 0.3) is 0 Å². The number of carbonyl (C=O) groups is 2. The molecule has 1 fully saturated rings. The van der Waals surface area contributed by atoms with E-state index >= 15 is 0 Å². The van der Waals surface area contributed by atoms with Gasteiger partial charge in [0.05, 0.1) is 21.6 Å². The Balaban J connectivity index is 1.34. The highest BCUT2D eigenvalue weighted by molar-refractivity contribution is 8.01. The summed E-state index contributed by atoms with van der Waals surface area (Å²) in [6, 6.07) is 4.82. The van der Waals surface area contributed by atoms with E-state index in [1.807, 2.05) is 22.8 Å². The third-order valence-electron chi connectivity index (χ3n) is 5.99. The van der Waals surface area contributed by atoms with Crippen LogP contribution >= 0.6 is 34.7 Å². The Morgan fingerprint density at radius 3 is 2.97 bits per heavy atom. The molecule has 0 spiro atoms. The number of nitrogen functional groups attached to an aromatic ring is 1. The molecule has 1 aromatic heterocycles. The van der Waals surface area contributed by atoms with Gasteiger partial charge in [-0.3, -0.25) is 4.79 Å². The van der Waals surface area contributed by atoms with Crippen molar-refractivity contribution in [3.63, 3.8) is 0 Å². The summed E-state index contributed by atoms with van der Waals surface area (Å²) in [5.41, 5.74) is 7.45. The standard InChI is InChI=1S/C22H23ClN8O3S2/c1-11(26-21(33)34)19(32)30-7-3-4-12(8-30)9-31-10-25-17(24)15-18(31)29-20(28-15)36-22-27-14-6-2-5-13(23)16(14)35-22/h2,5-6,10-12,26H,3-4,7-9,24H2,1H3,(H,33,34)/t11-,12?/m0/s1. The molecule has 3 aliphatic heterocycles. The molecule has 2 amide bonds. The first-order valence-electron chi connectivity index (χ1n) is 11.3. The van der Waals surface area contributed by atoms with Gasteiger partial charge in [-0.1, -0.05) is 17.7 Å². The van der Waals surface area contributed by atoms with Crippen LogP contribution in [0.4, 0.5) is 10.6 Å². The van der Waals surface area contributed by atoms with Crippen LogP contribution in [0.2, 0.25) is 5.02 Å². The number of piperidine rings is 1. The molecule has 1 aromatic carbocycles. The summed E-state index contributed by atoms with van der Waals surface area (Å²) in [7, 11) is 0. The fourth-order valence-corrected chi connectivity index (χ4v) is 6.54. The number of fused-ring (bicyclic) bond motifs is 2. The van der Waals surface area contributed by atoms with Crippen molar-refractivity contribution in [2.75, 3.05) is 18.8 Å². The predicted molar refractivity (Wildman–Crippen MR) is 138 cm³/mol. The van der Waals surface area contributed by atoms with Crippen molar-refractivity contribution in [3.05, 3.63) is 29.5 Å². The number of nitrogens with two attached hydrogens (primary N) is 1. The first-order chi connectivity index (χ1) is 17.3. The fourth-order valence-electron chi connectivity index (χ4n) is 4.34. The third kappa shape index (κ3) is 5.04. The molecule has 11 nitrogen and oxygen atoms in total. The molecular formula is C22H23ClN8O3S2. The number of rotatable bonds is 6. The molecule has 1 unspecified atom stereocenters. The number of benzene rings is 1. The van der Waals surface area contributed by atoms with Crippen LogP contribution in [0, 0.1) is 5.92 Å². The highest BCUT2D eigenvalue weighted by Gasteiger charge is 2.29. The predicted octanol–water partition coefficient (Wildman–Crippen LogP) is 3.67. The molecule has 5 rings (SSSR count). The molecule has 3 aliphatic rings. The van der Waals surface area contributed by atoms with Gasteiger partial charge in [0.2, 0.25) is 5.91 Å². The Morgan fingerprint density at radius 1 is 1.36 bits per heavy atom. The number of imidazole rings is 1. The van der Waals surface area contributed by atoms with Crippen LogP contribution < -0.4 is 11.1 Å². The van der Waals surface area contributed by atoms with Crippen molar-refractivity contribution in [2.45, 2.75) is 41.8 Å². The zero-order valence-electron chi connectivity index (χ0n) is 19.2. The van der Waals surface area contributed by atoms with E-state index in [2.05, 4.69) is 20.3 Å². The SMILES string of the molecule is C[C@H](NC(=O)O)C(=O)N1CCCC(Cn2cnc(N)c3nc(Sc4nc5cccc(Cl)c5s4)nc2-3)C1. The van der Waals surface area contributed by atoms with Crippen molar-refractivity contribution in [1.82, 2.24) is 34.7 Å². The van der Waals surface area contributed by atoms with Crippen LogP contribution in [0.25, 0.3) is 21.7 Å². The Hall–Kier alpha value is -3.16. The molecule has 2 aromatic rings. The second-order valence-electron chi connectivity index (χ2n) is 8.59. The van der Waals surface area contributed by atoms with E-state index in [-0.39, 0.29) is 11.8 Å². The summed E-state index contributed by atoms with van der Waals surface area (Å²) < 4.78 is 3.60. The van der Waals surface area contributed by atoms with Crippen molar-refractivity contribution in [3.8, 4) is 11.5 Å². The topological polar surface area (TPSA) is 152 Å². The Kier molecular flexibility index (Phi) is 6.86. The molecule has 36 heavy (non-hydrogen) atoms. The second-order valence-corrected chi connectivity index (χ2v) is 11.2. The average Bonchev–Trinajstić information content (AvgIpc) is 3.46. The highest BCUT2D eigenvalue weighted by Crippen LogP contribution is 2.38. The first kappa shape index (κ1) is 24.5. The number of nitrogens with zero attached hydrogens (tertiary/aromatic N) is 6. The van der Waals surface area contributed by atoms with Crippen LogP contribution in [-0.2, 0) is 11.3 Å². The van der Waals surface area contributed by atoms with Gasteiger partial charge in [0, 0.05) is 19.6 Å². The minimum Gasteiger partial charge on any atom is -0.465 e. The van der Waals surface area contributed by atoms with Crippen LogP contribution in [0.15, 0.2) is 34.0 Å². The number of aromatic nitrogens is 5. The van der Waals surface area contributed by atoms with Gasteiger partial charge in [-0.2, -0.15) is 0 Å². The van der Waals surface area contributed by atoms with Gasteiger partial charge >= 0.3 is 6.09 Å². The summed E-state index contributed by atoms with van der Waals surface area (Å²) in [6.45, 7) is 3.25. The summed E-state index contributed by atoms with van der Waals surface area (Å²) in [6.07, 6.45) is 2.18. The Labute approximate surface area is 219 Å². The largest absolute Gasteiger partial charge is 0.465 e. The van der Waals surface area contributed by atoms with Crippen LogP contribution in [0.5, 0.6) is 0 Å². The maximum absolute atomic E-state index is 12.7. The molecule has 14 heteroatoms. The van der Waals surface area contributed by atoms with E-state index < -0.39 is 12.1 Å². The van der Waals surface area contributed by atoms with Gasteiger partial charge in [-0.05, 0) is 49.6 Å². The number of hydrogen-bond donors (Lipinski definition) is 3. The van der Waals surface area contributed by atoms with E-state index in [9.17, 15) is 9.59 Å². The van der Waals surface area contributed by atoms with Gasteiger partial charge in [-0.15, -0.1) is 11.3 Å². The van der Waals surface area contributed by atoms with E-state index in [4.69, 9.17) is 27.4 Å². The molecular weight excluding hydrogens is 524 g/mol. The average molecular weight is 547 g/mol. The zero-order valence-corrected chi connectivity index (χ0v) is 21.6. The lowest BCUT2D eigenvalue weighted by Crippen LogP contribution is -2.50. The van der Waals surface area contributed by atoms with Gasteiger partial charge in [-0.25, -0.2) is 24.7 Å². The van der Waals surface area contributed by atoms with Gasteiger partial charge in [0.1, 0.15) is 6.04 Å². The summed E-state index contributed by atoms with van der Waals surface area (Å²) in [4.78, 5) is 43.5. The van der Waals surface area contributed by atoms with Crippen molar-refractivity contribution >= 4 is 62.7 Å². The van der Waals surface area contributed by atoms with E-state index in [0.29, 0.717) is 47.1 Å². The number of halogens is 1. The minimum atomic E-state index is -1.22. The van der Waals surface area contributed by atoms with Crippen molar-refractivity contribution in [2.24, 2.45) is 5.92 Å². The Bertz CT molecular complexity index is 1410. The fraction of sp³-hybridized carbons (Fsp3) is 0.364. The number of anilines is 1. The zero-order chi connectivity index (χ0) is 25.4. The summed E-state index contributed by atoms with van der Waals surface area (Å²) >= 11 is 9.12. The minimum absolute atomic E-state index is 0.151. The molecule has 1 saturated heterocycles. The van der Waals surface area contributed by atoms with Crippen LogP contribution in [-0.4, -0.2) is 65.6 Å². The molecule has 4 heterocycles. The van der Waals surface area contributed by atoms with E-state index in [0.717, 1.165) is 27.4 Å². The molecule has 4 N–H and O–H groups in total. The lowest BCUT2D eigenvalue weighted by molar-refractivity contribution is -0.134.